The van der Waals surface area contributed by atoms with E-state index in [0.717, 1.165) is 41.7 Å². The molecule has 2 aliphatic heterocycles. The van der Waals surface area contributed by atoms with Crippen molar-refractivity contribution in [2.75, 3.05) is 13.1 Å². The summed E-state index contributed by atoms with van der Waals surface area (Å²) in [5.74, 6) is 0.550. The molecule has 0 saturated carbocycles. The Balaban J connectivity index is 1.50. The van der Waals surface area contributed by atoms with E-state index in [1.807, 2.05) is 57.2 Å². The van der Waals surface area contributed by atoms with Crippen LogP contribution >= 0.6 is 0 Å². The van der Waals surface area contributed by atoms with Gasteiger partial charge in [0.25, 0.3) is 5.91 Å². The van der Waals surface area contributed by atoms with Gasteiger partial charge in [-0.05, 0) is 88.2 Å². The SMILES string of the molecule is CC(C)(C)OC(=O)n1c(-c2ccc(-c3ccco3)c3c2C(=O)NC3)cc2cc(CN3CCCCC3)ccc21. The fourth-order valence-electron chi connectivity index (χ4n) is 5.67. The summed E-state index contributed by atoms with van der Waals surface area (Å²) < 4.78 is 13.1. The van der Waals surface area contributed by atoms with Crippen molar-refractivity contribution in [3.8, 4) is 22.6 Å². The summed E-state index contributed by atoms with van der Waals surface area (Å²) >= 11 is 0. The number of aromatic nitrogens is 1. The lowest BCUT2D eigenvalue weighted by molar-refractivity contribution is 0.0547. The number of benzene rings is 2. The summed E-state index contributed by atoms with van der Waals surface area (Å²) in [6, 6.07) is 15.9. The molecule has 1 saturated heterocycles. The van der Waals surface area contributed by atoms with Crippen LogP contribution in [0.3, 0.4) is 0 Å². The van der Waals surface area contributed by atoms with Crippen LogP contribution in [0.4, 0.5) is 4.79 Å². The Morgan fingerprint density at radius 1 is 1.03 bits per heavy atom. The number of piperidine rings is 1. The minimum Gasteiger partial charge on any atom is -0.464 e. The van der Waals surface area contributed by atoms with Gasteiger partial charge in [0.05, 0.1) is 23.0 Å². The van der Waals surface area contributed by atoms with Gasteiger partial charge in [0, 0.05) is 29.6 Å². The highest BCUT2D eigenvalue weighted by Crippen LogP contribution is 2.39. The number of nitrogens with zero attached hydrogens (tertiary/aromatic N) is 2. The lowest BCUT2D eigenvalue weighted by Crippen LogP contribution is -2.29. The maximum absolute atomic E-state index is 13.6. The summed E-state index contributed by atoms with van der Waals surface area (Å²) in [4.78, 5) is 29.2. The minimum atomic E-state index is -0.665. The molecule has 1 fully saturated rings. The fourth-order valence-corrected chi connectivity index (χ4v) is 5.67. The molecule has 0 spiro atoms. The number of hydrogen-bond donors (Lipinski definition) is 1. The monoisotopic (exact) mass is 511 g/mol. The maximum atomic E-state index is 13.6. The van der Waals surface area contributed by atoms with E-state index in [9.17, 15) is 9.59 Å². The van der Waals surface area contributed by atoms with Crippen molar-refractivity contribution in [1.29, 1.82) is 0 Å². The minimum absolute atomic E-state index is 0.157. The van der Waals surface area contributed by atoms with Crippen LogP contribution in [0, 0.1) is 0 Å². The quantitative estimate of drug-likeness (QED) is 0.335. The molecular weight excluding hydrogens is 478 g/mol. The van der Waals surface area contributed by atoms with Gasteiger partial charge in [-0.25, -0.2) is 9.36 Å². The Labute approximate surface area is 222 Å². The van der Waals surface area contributed by atoms with Gasteiger partial charge in [0.1, 0.15) is 11.4 Å². The van der Waals surface area contributed by atoms with Crippen molar-refractivity contribution in [3.63, 3.8) is 0 Å². The van der Waals surface area contributed by atoms with E-state index in [2.05, 4.69) is 22.3 Å². The zero-order valence-corrected chi connectivity index (χ0v) is 22.2. The number of carbonyl (C=O) groups is 2. The average Bonchev–Trinajstić information content (AvgIpc) is 3.62. The van der Waals surface area contributed by atoms with E-state index in [-0.39, 0.29) is 5.91 Å². The first-order chi connectivity index (χ1) is 18.3. The molecule has 1 N–H and O–H groups in total. The predicted molar refractivity (Wildman–Crippen MR) is 147 cm³/mol. The molecule has 4 aromatic rings. The predicted octanol–water partition coefficient (Wildman–Crippen LogP) is 6.58. The van der Waals surface area contributed by atoms with Crippen molar-refractivity contribution in [1.82, 2.24) is 14.8 Å². The topological polar surface area (TPSA) is 76.7 Å². The molecule has 0 atom stereocenters. The summed E-state index contributed by atoms with van der Waals surface area (Å²) in [6.45, 7) is 9.10. The molecule has 2 aliphatic rings. The van der Waals surface area contributed by atoms with Gasteiger partial charge in [-0.15, -0.1) is 0 Å². The first-order valence-electron chi connectivity index (χ1n) is 13.4. The second kappa shape index (κ2) is 9.48. The lowest BCUT2D eigenvalue weighted by atomic mass is 9.94. The molecule has 38 heavy (non-hydrogen) atoms. The maximum Gasteiger partial charge on any atom is 0.419 e. The van der Waals surface area contributed by atoms with Gasteiger partial charge in [0.2, 0.25) is 0 Å². The number of ether oxygens (including phenoxy) is 1. The first kappa shape index (κ1) is 24.5. The van der Waals surface area contributed by atoms with Crippen molar-refractivity contribution < 1.29 is 18.7 Å². The third-order valence-corrected chi connectivity index (χ3v) is 7.33. The van der Waals surface area contributed by atoms with Crippen LogP contribution in [0.25, 0.3) is 33.5 Å². The van der Waals surface area contributed by atoms with Gasteiger partial charge in [0.15, 0.2) is 0 Å². The van der Waals surface area contributed by atoms with Gasteiger partial charge >= 0.3 is 6.09 Å². The van der Waals surface area contributed by atoms with Gasteiger partial charge in [-0.3, -0.25) is 9.69 Å². The normalized spacial score (nSPS) is 16.0. The second-order valence-electron chi connectivity index (χ2n) is 11.2. The zero-order valence-electron chi connectivity index (χ0n) is 22.2. The highest BCUT2D eigenvalue weighted by atomic mass is 16.6. The second-order valence-corrected chi connectivity index (χ2v) is 11.2. The summed E-state index contributed by atoms with van der Waals surface area (Å²) in [7, 11) is 0. The van der Waals surface area contributed by atoms with Crippen LogP contribution in [0.15, 0.2) is 59.2 Å². The van der Waals surface area contributed by atoms with Crippen LogP contribution in [0.2, 0.25) is 0 Å². The van der Waals surface area contributed by atoms with E-state index < -0.39 is 11.7 Å². The molecule has 2 aromatic carbocycles. The molecule has 4 heterocycles. The Morgan fingerprint density at radius 2 is 1.82 bits per heavy atom. The van der Waals surface area contributed by atoms with Gasteiger partial charge in [-0.2, -0.15) is 0 Å². The summed E-state index contributed by atoms with van der Waals surface area (Å²) in [5, 5.41) is 3.91. The lowest BCUT2D eigenvalue weighted by Gasteiger charge is -2.26. The Morgan fingerprint density at radius 3 is 2.55 bits per heavy atom. The van der Waals surface area contributed by atoms with Crippen molar-refractivity contribution in [2.45, 2.75) is 58.7 Å². The van der Waals surface area contributed by atoms with Crippen LogP contribution < -0.4 is 5.32 Å². The zero-order chi connectivity index (χ0) is 26.4. The smallest absolute Gasteiger partial charge is 0.419 e. The molecule has 7 heteroatoms. The molecule has 0 bridgehead atoms. The molecule has 1 amide bonds. The summed E-state index contributed by atoms with van der Waals surface area (Å²) in [6.07, 6.45) is 4.94. The molecular formula is C31H33N3O4. The summed E-state index contributed by atoms with van der Waals surface area (Å²) in [5.41, 5.74) is 4.96. The van der Waals surface area contributed by atoms with E-state index >= 15 is 0 Å². The highest BCUT2D eigenvalue weighted by Gasteiger charge is 2.31. The Kier molecular flexibility index (Phi) is 6.11. The van der Waals surface area contributed by atoms with Crippen molar-refractivity contribution >= 4 is 22.9 Å². The van der Waals surface area contributed by atoms with Crippen LogP contribution in [-0.2, 0) is 17.8 Å². The number of fused-ring (bicyclic) bond motifs is 2. The van der Waals surface area contributed by atoms with E-state index in [1.54, 1.807) is 10.8 Å². The van der Waals surface area contributed by atoms with Crippen LogP contribution in [0.1, 0.15) is 61.5 Å². The fraction of sp³-hybridized carbons (Fsp3) is 0.355. The van der Waals surface area contributed by atoms with Crippen molar-refractivity contribution in [2.24, 2.45) is 0 Å². The van der Waals surface area contributed by atoms with Crippen molar-refractivity contribution in [3.05, 3.63) is 71.5 Å². The number of carbonyl (C=O) groups excluding carboxylic acids is 2. The average molecular weight is 512 g/mol. The molecule has 196 valence electrons. The highest BCUT2D eigenvalue weighted by molar-refractivity contribution is 6.08. The number of likely N-dealkylation sites (tertiary alicyclic amines) is 1. The van der Waals surface area contributed by atoms with E-state index in [4.69, 9.17) is 9.15 Å². The molecule has 0 aliphatic carbocycles. The molecule has 7 nitrogen and oxygen atoms in total. The molecule has 2 aromatic heterocycles. The standard InChI is InChI=1S/C31H33N3O4/c1-31(2,3)38-30(36)34-25-12-9-20(19-33-13-5-4-6-14-33)16-21(25)17-26(34)23-11-10-22(27-8-7-15-37-27)24-18-32-29(35)28(23)24/h7-12,15-17H,4-6,13-14,18-19H2,1-3H3,(H,32,35). The molecule has 6 rings (SSSR count). The first-order valence-corrected chi connectivity index (χ1v) is 13.4. The number of hydrogen-bond acceptors (Lipinski definition) is 5. The Hall–Kier alpha value is -3.84. The Bertz CT molecular complexity index is 1520. The molecule has 0 radical (unpaired) electrons. The third kappa shape index (κ3) is 4.52. The number of rotatable bonds is 4. The number of nitrogens with one attached hydrogen (secondary N) is 1. The number of furan rings is 1. The van der Waals surface area contributed by atoms with E-state index in [0.29, 0.717) is 29.1 Å². The van der Waals surface area contributed by atoms with E-state index in [1.165, 1.54) is 24.8 Å². The van der Waals surface area contributed by atoms with Crippen LogP contribution in [0.5, 0.6) is 0 Å². The van der Waals surface area contributed by atoms with Gasteiger partial charge < -0.3 is 14.5 Å². The third-order valence-electron chi connectivity index (χ3n) is 7.33. The molecule has 0 unspecified atom stereocenters. The number of amides is 1. The largest absolute Gasteiger partial charge is 0.464 e. The van der Waals surface area contributed by atoms with Crippen LogP contribution in [-0.4, -0.2) is 40.2 Å². The van der Waals surface area contributed by atoms with Gasteiger partial charge in [-0.1, -0.05) is 24.6 Å².